The van der Waals surface area contributed by atoms with Crippen LogP contribution in [0.15, 0.2) is 41.8 Å². The summed E-state index contributed by atoms with van der Waals surface area (Å²) in [5.41, 5.74) is 2.88. The molecule has 9 heteroatoms. The Morgan fingerprint density at radius 2 is 2.00 bits per heavy atom. The molecular weight excluding hydrogens is 382 g/mol. The van der Waals surface area contributed by atoms with Gasteiger partial charge in [-0.1, -0.05) is 18.2 Å². The Hall–Kier alpha value is -2.91. The normalized spacial score (nSPS) is 15.9. The lowest BCUT2D eigenvalue weighted by Gasteiger charge is -2.23. The van der Waals surface area contributed by atoms with Crippen LogP contribution in [0.3, 0.4) is 0 Å². The molecule has 0 unspecified atom stereocenters. The lowest BCUT2D eigenvalue weighted by molar-refractivity contribution is -0.133. The van der Waals surface area contributed by atoms with Gasteiger partial charge < -0.3 is 15.0 Å². The third-order valence-corrected chi connectivity index (χ3v) is 5.34. The maximum atomic E-state index is 12.6. The van der Waals surface area contributed by atoms with Crippen molar-refractivity contribution in [1.29, 1.82) is 0 Å². The number of hydrogen-bond donors (Lipinski definition) is 3. The van der Waals surface area contributed by atoms with Gasteiger partial charge in [0.05, 0.1) is 0 Å². The SMILES string of the molecule is O=C(NCc1ccc(C(=O)N2CCC[C@H]2C(=O)NO)cc1)OCc1cccs1. The quantitative estimate of drug-likeness (QED) is 0.507. The summed E-state index contributed by atoms with van der Waals surface area (Å²) in [6.45, 7) is 0.975. The number of carbonyl (C=O) groups excluding carboxylic acids is 3. The molecule has 8 nitrogen and oxygen atoms in total. The van der Waals surface area contributed by atoms with Gasteiger partial charge >= 0.3 is 6.09 Å². The molecule has 1 aliphatic heterocycles. The first-order valence-corrected chi connectivity index (χ1v) is 9.73. The molecule has 0 spiro atoms. The molecule has 1 atom stereocenters. The van der Waals surface area contributed by atoms with Crippen LogP contribution in [0.2, 0.25) is 0 Å². The molecule has 3 N–H and O–H groups in total. The van der Waals surface area contributed by atoms with Crippen LogP contribution in [-0.2, 0) is 22.7 Å². The zero-order valence-corrected chi connectivity index (χ0v) is 15.9. The van der Waals surface area contributed by atoms with Gasteiger partial charge in [-0.2, -0.15) is 0 Å². The fraction of sp³-hybridized carbons (Fsp3) is 0.316. The number of hydrogen-bond acceptors (Lipinski definition) is 6. The summed E-state index contributed by atoms with van der Waals surface area (Å²) in [7, 11) is 0. The van der Waals surface area contributed by atoms with Crippen LogP contribution in [0.25, 0.3) is 0 Å². The van der Waals surface area contributed by atoms with E-state index in [-0.39, 0.29) is 19.1 Å². The smallest absolute Gasteiger partial charge is 0.407 e. The summed E-state index contributed by atoms with van der Waals surface area (Å²) in [6.07, 6.45) is 0.719. The van der Waals surface area contributed by atoms with E-state index in [0.29, 0.717) is 24.9 Å². The molecule has 148 valence electrons. The molecule has 3 rings (SSSR count). The maximum absolute atomic E-state index is 12.6. The highest BCUT2D eigenvalue weighted by molar-refractivity contribution is 7.09. The van der Waals surface area contributed by atoms with Gasteiger partial charge in [-0.3, -0.25) is 14.8 Å². The van der Waals surface area contributed by atoms with Gasteiger partial charge in [-0.25, -0.2) is 10.3 Å². The third-order valence-electron chi connectivity index (χ3n) is 4.49. The Labute approximate surface area is 166 Å². The van der Waals surface area contributed by atoms with Crippen molar-refractivity contribution in [1.82, 2.24) is 15.7 Å². The Morgan fingerprint density at radius 3 is 2.68 bits per heavy atom. The summed E-state index contributed by atoms with van der Waals surface area (Å²) in [5, 5.41) is 13.4. The van der Waals surface area contributed by atoms with E-state index < -0.39 is 18.0 Å². The molecule has 1 saturated heterocycles. The molecule has 1 aromatic carbocycles. The van der Waals surface area contributed by atoms with Crippen LogP contribution in [0.1, 0.15) is 33.6 Å². The van der Waals surface area contributed by atoms with E-state index in [0.717, 1.165) is 10.4 Å². The fourth-order valence-corrected chi connectivity index (χ4v) is 3.66. The summed E-state index contributed by atoms with van der Waals surface area (Å²) in [4.78, 5) is 38.5. The fourth-order valence-electron chi connectivity index (χ4n) is 3.04. The molecule has 3 amide bonds. The number of carbonyl (C=O) groups is 3. The van der Waals surface area contributed by atoms with Crippen LogP contribution in [-0.4, -0.2) is 40.6 Å². The predicted octanol–water partition coefficient (Wildman–Crippen LogP) is 2.28. The van der Waals surface area contributed by atoms with Gasteiger partial charge in [-0.15, -0.1) is 11.3 Å². The molecular formula is C19H21N3O5S. The number of ether oxygens (including phenoxy) is 1. The zero-order chi connectivity index (χ0) is 19.9. The van der Waals surface area contributed by atoms with Gasteiger partial charge in [0.1, 0.15) is 12.6 Å². The molecule has 0 aliphatic carbocycles. The average molecular weight is 403 g/mol. The first-order chi connectivity index (χ1) is 13.6. The highest BCUT2D eigenvalue weighted by Gasteiger charge is 2.34. The second-order valence-corrected chi connectivity index (χ2v) is 7.37. The van der Waals surface area contributed by atoms with Crippen molar-refractivity contribution < 1.29 is 24.3 Å². The minimum Gasteiger partial charge on any atom is -0.444 e. The van der Waals surface area contributed by atoms with E-state index >= 15 is 0 Å². The summed E-state index contributed by atoms with van der Waals surface area (Å²) < 4.78 is 5.12. The molecule has 0 radical (unpaired) electrons. The number of benzene rings is 1. The molecule has 1 aliphatic rings. The second-order valence-electron chi connectivity index (χ2n) is 6.34. The van der Waals surface area contributed by atoms with E-state index in [2.05, 4.69) is 5.32 Å². The molecule has 1 aromatic heterocycles. The number of amides is 3. The number of nitrogens with zero attached hydrogens (tertiary/aromatic N) is 1. The Morgan fingerprint density at radius 1 is 1.21 bits per heavy atom. The second kappa shape index (κ2) is 9.34. The molecule has 0 saturated carbocycles. The largest absolute Gasteiger partial charge is 0.444 e. The lowest BCUT2D eigenvalue weighted by Crippen LogP contribution is -2.45. The van der Waals surface area contributed by atoms with Gasteiger partial charge in [-0.05, 0) is 42.0 Å². The number of rotatable bonds is 6. The van der Waals surface area contributed by atoms with Crippen LogP contribution >= 0.6 is 11.3 Å². The van der Waals surface area contributed by atoms with Gasteiger partial charge in [0.2, 0.25) is 0 Å². The molecule has 28 heavy (non-hydrogen) atoms. The van der Waals surface area contributed by atoms with Crippen LogP contribution in [0.5, 0.6) is 0 Å². The number of likely N-dealkylation sites (tertiary alicyclic amines) is 1. The van der Waals surface area contributed by atoms with Crippen molar-refractivity contribution in [3.05, 3.63) is 57.8 Å². The van der Waals surface area contributed by atoms with E-state index in [9.17, 15) is 14.4 Å². The van der Waals surface area contributed by atoms with Gasteiger partial charge in [0, 0.05) is 23.5 Å². The topological polar surface area (TPSA) is 108 Å². The highest BCUT2D eigenvalue weighted by atomic mass is 32.1. The van der Waals surface area contributed by atoms with Crippen LogP contribution in [0, 0.1) is 0 Å². The van der Waals surface area contributed by atoms with Crippen LogP contribution in [0.4, 0.5) is 4.79 Å². The maximum Gasteiger partial charge on any atom is 0.407 e. The minimum absolute atomic E-state index is 0.232. The highest BCUT2D eigenvalue weighted by Crippen LogP contribution is 2.20. The standard InChI is InChI=1S/C19H21N3O5S/c23-17(21-26)16-4-1-9-22(16)18(24)14-7-5-13(6-8-14)11-20-19(25)27-12-15-3-2-10-28-15/h2-3,5-8,10,16,26H,1,4,9,11-12H2,(H,20,25)(H,21,23)/t16-/m0/s1. The van der Waals surface area contributed by atoms with E-state index in [1.807, 2.05) is 17.5 Å². The molecule has 2 aromatic rings. The van der Waals surface area contributed by atoms with Gasteiger partial charge in [0.15, 0.2) is 0 Å². The van der Waals surface area contributed by atoms with Crippen molar-refractivity contribution in [2.24, 2.45) is 0 Å². The summed E-state index contributed by atoms with van der Waals surface area (Å²) >= 11 is 1.52. The molecule has 1 fully saturated rings. The lowest BCUT2D eigenvalue weighted by atomic mass is 10.1. The first kappa shape index (κ1) is 19.8. The number of thiophene rings is 1. The van der Waals surface area contributed by atoms with Gasteiger partial charge in [0.25, 0.3) is 11.8 Å². The van der Waals surface area contributed by atoms with E-state index in [1.54, 1.807) is 29.7 Å². The third kappa shape index (κ3) is 4.87. The van der Waals surface area contributed by atoms with Crippen molar-refractivity contribution in [3.8, 4) is 0 Å². The minimum atomic E-state index is -0.656. The van der Waals surface area contributed by atoms with E-state index in [1.165, 1.54) is 16.2 Å². The van der Waals surface area contributed by atoms with Crippen LogP contribution < -0.4 is 10.8 Å². The summed E-state index contributed by atoms with van der Waals surface area (Å²) in [6, 6.07) is 9.92. The van der Waals surface area contributed by atoms with E-state index in [4.69, 9.17) is 9.94 Å². The Kier molecular flexibility index (Phi) is 6.62. The monoisotopic (exact) mass is 403 g/mol. The van der Waals surface area contributed by atoms with Crippen molar-refractivity contribution in [3.63, 3.8) is 0 Å². The van der Waals surface area contributed by atoms with Crippen molar-refractivity contribution >= 4 is 29.2 Å². The van der Waals surface area contributed by atoms with Crippen molar-refractivity contribution in [2.75, 3.05) is 6.54 Å². The first-order valence-electron chi connectivity index (χ1n) is 8.85. The van der Waals surface area contributed by atoms with Crippen molar-refractivity contribution in [2.45, 2.75) is 32.0 Å². The average Bonchev–Trinajstić information content (AvgIpc) is 3.42. The predicted molar refractivity (Wildman–Crippen MR) is 102 cm³/mol. The number of hydroxylamine groups is 1. The molecule has 2 heterocycles. The number of alkyl carbamates (subject to hydrolysis) is 1. The molecule has 0 bridgehead atoms. The summed E-state index contributed by atoms with van der Waals surface area (Å²) in [5.74, 6) is -0.839. The zero-order valence-electron chi connectivity index (χ0n) is 15.1. The Bertz CT molecular complexity index is 823. The number of nitrogens with one attached hydrogen (secondary N) is 2. The Balaban J connectivity index is 1.51.